The lowest BCUT2D eigenvalue weighted by molar-refractivity contribution is -0.122. The Balaban J connectivity index is 2.25. The average Bonchev–Trinajstić information content (AvgIpc) is 2.56. The van der Waals surface area contributed by atoms with Crippen LogP contribution in [0.3, 0.4) is 0 Å². The number of rotatable bonds is 6. The Morgan fingerprint density at radius 1 is 1.47 bits per heavy atom. The smallest absolute Gasteiger partial charge is 0.220 e. The minimum atomic E-state index is 0.217. The van der Waals surface area contributed by atoms with Gasteiger partial charge in [0.25, 0.3) is 0 Å². The van der Waals surface area contributed by atoms with Gasteiger partial charge in [0, 0.05) is 12.5 Å². The second-order valence-corrected chi connectivity index (χ2v) is 6.22. The number of nitrogens with two attached hydrogens (primary N) is 1. The standard InChI is InChI=1S/C14H28N2O/c1-11(8-10-15)6-7-13(17)16-12-5-4-9-14(12,2)3/h11-12H,4-10,15H2,1-3H3,(H,16,17). The molecule has 2 atom stereocenters. The van der Waals surface area contributed by atoms with Crippen molar-refractivity contribution in [3.8, 4) is 0 Å². The summed E-state index contributed by atoms with van der Waals surface area (Å²) in [5, 5.41) is 3.20. The molecule has 0 heterocycles. The van der Waals surface area contributed by atoms with E-state index in [1.54, 1.807) is 0 Å². The Bertz CT molecular complexity index is 251. The van der Waals surface area contributed by atoms with Gasteiger partial charge in [-0.25, -0.2) is 0 Å². The van der Waals surface area contributed by atoms with Gasteiger partial charge in [-0.3, -0.25) is 4.79 Å². The van der Waals surface area contributed by atoms with E-state index in [2.05, 4.69) is 26.1 Å². The van der Waals surface area contributed by atoms with Crippen LogP contribution >= 0.6 is 0 Å². The van der Waals surface area contributed by atoms with Crippen LogP contribution in [0.1, 0.15) is 59.3 Å². The summed E-state index contributed by atoms with van der Waals surface area (Å²) in [5.41, 5.74) is 5.78. The van der Waals surface area contributed by atoms with Gasteiger partial charge in [0.15, 0.2) is 0 Å². The van der Waals surface area contributed by atoms with Crippen molar-refractivity contribution < 1.29 is 4.79 Å². The van der Waals surface area contributed by atoms with E-state index in [1.807, 2.05) is 0 Å². The molecule has 0 aliphatic heterocycles. The van der Waals surface area contributed by atoms with Gasteiger partial charge in [-0.2, -0.15) is 0 Å². The zero-order chi connectivity index (χ0) is 12.9. The molecule has 1 aliphatic rings. The molecule has 3 heteroatoms. The van der Waals surface area contributed by atoms with Gasteiger partial charge in [0.05, 0.1) is 0 Å². The monoisotopic (exact) mass is 240 g/mol. The minimum absolute atomic E-state index is 0.217. The Labute approximate surface area is 106 Å². The molecule has 100 valence electrons. The molecule has 1 rings (SSSR count). The Hall–Kier alpha value is -0.570. The molecular weight excluding hydrogens is 212 g/mol. The van der Waals surface area contributed by atoms with E-state index >= 15 is 0 Å². The van der Waals surface area contributed by atoms with Crippen molar-refractivity contribution in [3.05, 3.63) is 0 Å². The fourth-order valence-corrected chi connectivity index (χ4v) is 2.67. The van der Waals surface area contributed by atoms with E-state index < -0.39 is 0 Å². The molecule has 0 bridgehead atoms. The molecule has 0 saturated heterocycles. The molecule has 0 aromatic carbocycles. The van der Waals surface area contributed by atoms with E-state index in [4.69, 9.17) is 5.73 Å². The summed E-state index contributed by atoms with van der Waals surface area (Å²) >= 11 is 0. The number of nitrogens with one attached hydrogen (secondary N) is 1. The highest BCUT2D eigenvalue weighted by molar-refractivity contribution is 5.76. The molecule has 0 spiro atoms. The fourth-order valence-electron chi connectivity index (χ4n) is 2.67. The molecule has 3 nitrogen and oxygen atoms in total. The SMILES string of the molecule is CC(CCN)CCC(=O)NC1CCCC1(C)C. The van der Waals surface area contributed by atoms with Crippen LogP contribution in [-0.4, -0.2) is 18.5 Å². The first kappa shape index (κ1) is 14.5. The van der Waals surface area contributed by atoms with Crippen LogP contribution in [0.2, 0.25) is 0 Å². The third kappa shape index (κ3) is 4.66. The van der Waals surface area contributed by atoms with Crippen LogP contribution in [0, 0.1) is 11.3 Å². The molecule has 1 saturated carbocycles. The second-order valence-electron chi connectivity index (χ2n) is 6.22. The van der Waals surface area contributed by atoms with Gasteiger partial charge < -0.3 is 11.1 Å². The van der Waals surface area contributed by atoms with Crippen LogP contribution in [-0.2, 0) is 4.79 Å². The lowest BCUT2D eigenvalue weighted by Crippen LogP contribution is -2.41. The minimum Gasteiger partial charge on any atom is -0.353 e. The number of hydrogen-bond acceptors (Lipinski definition) is 2. The number of carbonyl (C=O) groups excluding carboxylic acids is 1. The highest BCUT2D eigenvalue weighted by Crippen LogP contribution is 2.37. The molecule has 1 amide bonds. The highest BCUT2D eigenvalue weighted by atomic mass is 16.1. The van der Waals surface area contributed by atoms with Crippen LogP contribution in [0.5, 0.6) is 0 Å². The summed E-state index contributed by atoms with van der Waals surface area (Å²) in [5.74, 6) is 0.774. The number of amides is 1. The summed E-state index contributed by atoms with van der Waals surface area (Å²) in [7, 11) is 0. The Morgan fingerprint density at radius 2 is 2.18 bits per heavy atom. The van der Waals surface area contributed by atoms with Crippen molar-refractivity contribution in [2.24, 2.45) is 17.1 Å². The maximum Gasteiger partial charge on any atom is 0.220 e. The van der Waals surface area contributed by atoms with Crippen molar-refractivity contribution in [1.82, 2.24) is 5.32 Å². The van der Waals surface area contributed by atoms with Crippen LogP contribution < -0.4 is 11.1 Å². The Kier molecular flexibility index (Phi) is 5.44. The number of carbonyl (C=O) groups is 1. The zero-order valence-electron chi connectivity index (χ0n) is 11.6. The summed E-state index contributed by atoms with van der Waals surface area (Å²) in [6, 6.07) is 0.375. The molecule has 0 aromatic heterocycles. The lowest BCUT2D eigenvalue weighted by atomic mass is 9.87. The van der Waals surface area contributed by atoms with Crippen molar-refractivity contribution in [2.45, 2.75) is 65.3 Å². The van der Waals surface area contributed by atoms with Gasteiger partial charge >= 0.3 is 0 Å². The summed E-state index contributed by atoms with van der Waals surface area (Å²) in [6.45, 7) is 7.39. The zero-order valence-corrected chi connectivity index (χ0v) is 11.6. The largest absolute Gasteiger partial charge is 0.353 e. The van der Waals surface area contributed by atoms with E-state index in [1.165, 1.54) is 12.8 Å². The van der Waals surface area contributed by atoms with Crippen LogP contribution in [0.25, 0.3) is 0 Å². The van der Waals surface area contributed by atoms with E-state index in [9.17, 15) is 4.79 Å². The lowest BCUT2D eigenvalue weighted by Gasteiger charge is -2.28. The van der Waals surface area contributed by atoms with E-state index in [0.717, 1.165) is 25.8 Å². The normalized spacial score (nSPS) is 24.6. The van der Waals surface area contributed by atoms with Gasteiger partial charge in [-0.1, -0.05) is 27.2 Å². The Morgan fingerprint density at radius 3 is 2.71 bits per heavy atom. The summed E-state index contributed by atoms with van der Waals surface area (Å²) in [6.07, 6.45) is 6.21. The topological polar surface area (TPSA) is 55.1 Å². The van der Waals surface area contributed by atoms with Crippen molar-refractivity contribution in [3.63, 3.8) is 0 Å². The molecule has 3 N–H and O–H groups in total. The third-order valence-corrected chi connectivity index (χ3v) is 4.12. The first-order valence-corrected chi connectivity index (χ1v) is 6.95. The maximum atomic E-state index is 11.9. The number of hydrogen-bond donors (Lipinski definition) is 2. The average molecular weight is 240 g/mol. The quantitative estimate of drug-likeness (QED) is 0.749. The van der Waals surface area contributed by atoms with Gasteiger partial charge in [-0.05, 0) is 43.6 Å². The van der Waals surface area contributed by atoms with Crippen molar-refractivity contribution in [2.75, 3.05) is 6.54 Å². The van der Waals surface area contributed by atoms with E-state index in [-0.39, 0.29) is 11.3 Å². The van der Waals surface area contributed by atoms with Gasteiger partial charge in [-0.15, -0.1) is 0 Å². The molecule has 1 fully saturated rings. The highest BCUT2D eigenvalue weighted by Gasteiger charge is 2.35. The second kappa shape index (κ2) is 6.39. The van der Waals surface area contributed by atoms with Gasteiger partial charge in [0.1, 0.15) is 0 Å². The maximum absolute atomic E-state index is 11.9. The molecule has 2 unspecified atom stereocenters. The molecule has 0 radical (unpaired) electrons. The predicted molar refractivity (Wildman–Crippen MR) is 71.6 cm³/mol. The first-order valence-electron chi connectivity index (χ1n) is 6.95. The van der Waals surface area contributed by atoms with Crippen molar-refractivity contribution in [1.29, 1.82) is 0 Å². The third-order valence-electron chi connectivity index (χ3n) is 4.12. The van der Waals surface area contributed by atoms with Gasteiger partial charge in [0.2, 0.25) is 5.91 Å². The molecular formula is C14H28N2O. The first-order chi connectivity index (χ1) is 7.95. The predicted octanol–water partition coefficient (Wildman–Crippen LogP) is 2.45. The van der Waals surface area contributed by atoms with Crippen molar-refractivity contribution >= 4 is 5.91 Å². The molecule has 0 aromatic rings. The summed E-state index contributed by atoms with van der Waals surface area (Å²) < 4.78 is 0. The van der Waals surface area contributed by atoms with Crippen LogP contribution in [0.15, 0.2) is 0 Å². The fraction of sp³-hybridized carbons (Fsp3) is 0.929. The summed E-state index contributed by atoms with van der Waals surface area (Å²) in [4.78, 5) is 11.9. The van der Waals surface area contributed by atoms with Crippen LogP contribution in [0.4, 0.5) is 0 Å². The molecule has 17 heavy (non-hydrogen) atoms. The molecule has 1 aliphatic carbocycles. The van der Waals surface area contributed by atoms with E-state index in [0.29, 0.717) is 18.4 Å².